The first kappa shape index (κ1) is 13.0. The van der Waals surface area contributed by atoms with Crippen molar-refractivity contribution in [3.63, 3.8) is 0 Å². The number of nitrogens with two attached hydrogens (primary N) is 1. The van der Waals surface area contributed by atoms with E-state index in [0.717, 1.165) is 0 Å². The van der Waals surface area contributed by atoms with Crippen LogP contribution in [0.2, 0.25) is 0 Å². The highest BCUT2D eigenvalue weighted by Gasteiger charge is 2.15. The highest BCUT2D eigenvalue weighted by molar-refractivity contribution is 5.98. The van der Waals surface area contributed by atoms with Crippen molar-refractivity contribution in [1.82, 2.24) is 4.98 Å². The molecule has 0 radical (unpaired) electrons. The maximum Gasteiger partial charge on any atom is 0.325 e. The summed E-state index contributed by atoms with van der Waals surface area (Å²) >= 11 is 0. The summed E-state index contributed by atoms with van der Waals surface area (Å²) in [6.07, 6.45) is 1.53. The molecule has 6 nitrogen and oxygen atoms in total. The monoisotopic (exact) mass is 237 g/mol. The second-order valence-corrected chi connectivity index (χ2v) is 3.40. The van der Waals surface area contributed by atoms with Crippen molar-refractivity contribution in [3.05, 3.63) is 23.9 Å². The van der Waals surface area contributed by atoms with Crippen molar-refractivity contribution in [2.75, 3.05) is 25.1 Å². The fourth-order valence-electron chi connectivity index (χ4n) is 1.37. The lowest BCUT2D eigenvalue weighted by molar-refractivity contribution is -0.141. The number of nitrogens with zero attached hydrogens (tertiary/aromatic N) is 2. The number of rotatable bonds is 5. The molecule has 0 unspecified atom stereocenters. The Balaban J connectivity index is 2.85. The van der Waals surface area contributed by atoms with Gasteiger partial charge in [-0.2, -0.15) is 0 Å². The van der Waals surface area contributed by atoms with Crippen LogP contribution < -0.4 is 10.6 Å². The Labute approximate surface area is 99.4 Å². The smallest absolute Gasteiger partial charge is 0.325 e. The lowest BCUT2D eigenvalue weighted by atomic mass is 10.2. The molecule has 92 valence electrons. The predicted octanol–water partition coefficient (Wildman–Crippen LogP) is 0.180. The van der Waals surface area contributed by atoms with Gasteiger partial charge in [0.2, 0.25) is 0 Å². The van der Waals surface area contributed by atoms with E-state index in [-0.39, 0.29) is 18.1 Å². The Morgan fingerprint density at radius 2 is 2.24 bits per heavy atom. The second-order valence-electron chi connectivity index (χ2n) is 3.40. The van der Waals surface area contributed by atoms with Gasteiger partial charge in [0, 0.05) is 13.2 Å². The van der Waals surface area contributed by atoms with Crippen LogP contribution in [0, 0.1) is 0 Å². The van der Waals surface area contributed by atoms with Crippen LogP contribution in [0.3, 0.4) is 0 Å². The van der Waals surface area contributed by atoms with Gasteiger partial charge >= 0.3 is 5.97 Å². The van der Waals surface area contributed by atoms with Gasteiger partial charge in [-0.1, -0.05) is 0 Å². The topological polar surface area (TPSA) is 85.5 Å². The molecule has 0 spiro atoms. The number of ether oxygens (including phenoxy) is 1. The molecule has 0 aliphatic carbocycles. The summed E-state index contributed by atoms with van der Waals surface area (Å²) < 4.78 is 4.81. The molecule has 17 heavy (non-hydrogen) atoms. The van der Waals surface area contributed by atoms with Gasteiger partial charge in [-0.3, -0.25) is 9.59 Å². The van der Waals surface area contributed by atoms with E-state index < -0.39 is 5.91 Å². The standard InChI is InChI=1S/C11H15N3O3/c1-3-17-9(15)7-14(2)11-8(10(12)16)5-4-6-13-11/h4-6H,3,7H2,1-2H3,(H2,12,16). The summed E-state index contributed by atoms with van der Waals surface area (Å²) in [4.78, 5) is 28.0. The molecular weight excluding hydrogens is 222 g/mol. The molecule has 1 amide bonds. The Morgan fingerprint density at radius 3 is 2.82 bits per heavy atom. The van der Waals surface area contributed by atoms with Gasteiger partial charge in [-0.05, 0) is 19.1 Å². The molecule has 0 aliphatic rings. The number of hydrogen-bond donors (Lipinski definition) is 1. The number of pyridine rings is 1. The molecule has 0 bridgehead atoms. The first-order valence-corrected chi connectivity index (χ1v) is 5.17. The van der Waals surface area contributed by atoms with Gasteiger partial charge in [0.05, 0.1) is 12.2 Å². The van der Waals surface area contributed by atoms with Crippen LogP contribution in [0.15, 0.2) is 18.3 Å². The normalized spacial score (nSPS) is 9.76. The summed E-state index contributed by atoms with van der Waals surface area (Å²) in [5.41, 5.74) is 5.50. The van der Waals surface area contributed by atoms with Crippen LogP contribution in [-0.2, 0) is 9.53 Å². The second kappa shape index (κ2) is 5.83. The van der Waals surface area contributed by atoms with E-state index in [1.165, 1.54) is 11.1 Å². The predicted molar refractivity (Wildman–Crippen MR) is 62.7 cm³/mol. The van der Waals surface area contributed by atoms with Crippen LogP contribution in [0.4, 0.5) is 5.82 Å². The van der Waals surface area contributed by atoms with Gasteiger partial charge in [0.15, 0.2) is 0 Å². The van der Waals surface area contributed by atoms with Crippen LogP contribution in [-0.4, -0.2) is 37.1 Å². The maximum absolute atomic E-state index is 11.3. The minimum absolute atomic E-state index is 0.0190. The molecule has 0 aliphatic heterocycles. The molecule has 1 rings (SSSR count). The molecule has 0 aromatic carbocycles. The van der Waals surface area contributed by atoms with Crippen LogP contribution >= 0.6 is 0 Å². The van der Waals surface area contributed by atoms with E-state index in [1.807, 2.05) is 0 Å². The van der Waals surface area contributed by atoms with Gasteiger partial charge in [-0.25, -0.2) is 4.98 Å². The van der Waals surface area contributed by atoms with Crippen molar-refractivity contribution in [2.24, 2.45) is 5.73 Å². The van der Waals surface area contributed by atoms with E-state index in [2.05, 4.69) is 4.98 Å². The molecule has 1 aromatic rings. The largest absolute Gasteiger partial charge is 0.465 e. The summed E-state index contributed by atoms with van der Waals surface area (Å²) in [5, 5.41) is 0. The third kappa shape index (κ3) is 3.44. The van der Waals surface area contributed by atoms with Crippen molar-refractivity contribution < 1.29 is 14.3 Å². The number of esters is 1. The number of primary amides is 1. The quantitative estimate of drug-likeness (QED) is 0.738. The zero-order chi connectivity index (χ0) is 12.8. The first-order valence-electron chi connectivity index (χ1n) is 5.17. The van der Waals surface area contributed by atoms with E-state index in [1.54, 1.807) is 26.1 Å². The molecule has 0 atom stereocenters. The number of carbonyl (C=O) groups is 2. The molecule has 0 saturated carbocycles. The van der Waals surface area contributed by atoms with Crippen molar-refractivity contribution in [2.45, 2.75) is 6.92 Å². The Kier molecular flexibility index (Phi) is 4.45. The van der Waals surface area contributed by atoms with Crippen LogP contribution in [0.25, 0.3) is 0 Å². The molecule has 0 fully saturated rings. The molecule has 2 N–H and O–H groups in total. The molecule has 6 heteroatoms. The summed E-state index contributed by atoms with van der Waals surface area (Å²) in [7, 11) is 1.64. The molecule has 1 aromatic heterocycles. The Hall–Kier alpha value is -2.11. The number of aromatic nitrogens is 1. The fraction of sp³-hybridized carbons (Fsp3) is 0.364. The molecular formula is C11H15N3O3. The highest BCUT2D eigenvalue weighted by atomic mass is 16.5. The lowest BCUT2D eigenvalue weighted by Crippen LogP contribution is -2.30. The molecule has 0 saturated heterocycles. The van der Waals surface area contributed by atoms with Crippen molar-refractivity contribution in [3.8, 4) is 0 Å². The van der Waals surface area contributed by atoms with Gasteiger partial charge < -0.3 is 15.4 Å². The van der Waals surface area contributed by atoms with Crippen molar-refractivity contribution in [1.29, 1.82) is 0 Å². The number of amides is 1. The van der Waals surface area contributed by atoms with Gasteiger partial charge in [0.1, 0.15) is 12.4 Å². The SMILES string of the molecule is CCOC(=O)CN(C)c1ncccc1C(N)=O. The number of likely N-dealkylation sites (N-methyl/N-ethyl adjacent to an activating group) is 1. The number of anilines is 1. The average Bonchev–Trinajstić information content (AvgIpc) is 2.29. The number of carbonyl (C=O) groups excluding carboxylic acids is 2. The Morgan fingerprint density at radius 1 is 1.53 bits per heavy atom. The highest BCUT2D eigenvalue weighted by Crippen LogP contribution is 2.14. The van der Waals surface area contributed by atoms with E-state index in [9.17, 15) is 9.59 Å². The van der Waals surface area contributed by atoms with E-state index in [0.29, 0.717) is 12.4 Å². The van der Waals surface area contributed by atoms with Gasteiger partial charge in [0.25, 0.3) is 5.91 Å². The average molecular weight is 237 g/mol. The summed E-state index contributed by atoms with van der Waals surface area (Å²) in [5.74, 6) is -0.590. The van der Waals surface area contributed by atoms with Crippen LogP contribution in [0.1, 0.15) is 17.3 Å². The van der Waals surface area contributed by atoms with E-state index in [4.69, 9.17) is 10.5 Å². The third-order valence-electron chi connectivity index (χ3n) is 2.09. The minimum atomic E-state index is -0.580. The number of hydrogen-bond acceptors (Lipinski definition) is 5. The fourth-order valence-corrected chi connectivity index (χ4v) is 1.37. The lowest BCUT2D eigenvalue weighted by Gasteiger charge is -2.18. The summed E-state index contributed by atoms with van der Waals surface area (Å²) in [6, 6.07) is 3.17. The molecule has 1 heterocycles. The van der Waals surface area contributed by atoms with Gasteiger partial charge in [-0.15, -0.1) is 0 Å². The van der Waals surface area contributed by atoms with Crippen molar-refractivity contribution >= 4 is 17.7 Å². The third-order valence-corrected chi connectivity index (χ3v) is 2.09. The maximum atomic E-state index is 11.3. The summed E-state index contributed by atoms with van der Waals surface area (Å²) in [6.45, 7) is 2.07. The van der Waals surface area contributed by atoms with E-state index >= 15 is 0 Å². The zero-order valence-corrected chi connectivity index (χ0v) is 9.84. The minimum Gasteiger partial charge on any atom is -0.465 e. The zero-order valence-electron chi connectivity index (χ0n) is 9.84. The Bertz CT molecular complexity index is 420. The van der Waals surface area contributed by atoms with Crippen LogP contribution in [0.5, 0.6) is 0 Å². The first-order chi connectivity index (χ1) is 8.06.